The van der Waals surface area contributed by atoms with Crippen LogP contribution in [0.5, 0.6) is 0 Å². The minimum atomic E-state index is -0.427. The van der Waals surface area contributed by atoms with Crippen molar-refractivity contribution < 1.29 is 14.4 Å². The van der Waals surface area contributed by atoms with E-state index in [9.17, 15) is 14.4 Å². The van der Waals surface area contributed by atoms with E-state index >= 15 is 0 Å². The molecule has 0 aromatic heterocycles. The van der Waals surface area contributed by atoms with Crippen LogP contribution in [0.2, 0.25) is 0 Å². The Bertz CT molecular complexity index is 688. The van der Waals surface area contributed by atoms with Gasteiger partial charge in [-0.2, -0.15) is 0 Å². The number of carbonyl (C=O) groups is 3. The zero-order chi connectivity index (χ0) is 18.5. The van der Waals surface area contributed by atoms with Crippen molar-refractivity contribution in [3.63, 3.8) is 0 Å². The maximum atomic E-state index is 12.4. The average Bonchev–Trinajstić information content (AvgIpc) is 3.02. The summed E-state index contributed by atoms with van der Waals surface area (Å²) in [5.41, 5.74) is 0.773. The predicted molar refractivity (Wildman–Crippen MR) is 103 cm³/mol. The van der Waals surface area contributed by atoms with Crippen molar-refractivity contribution in [2.75, 3.05) is 18.0 Å². The van der Waals surface area contributed by atoms with Crippen LogP contribution in [0.4, 0.5) is 5.69 Å². The van der Waals surface area contributed by atoms with Crippen molar-refractivity contribution in [3.05, 3.63) is 28.7 Å². The third-order valence-corrected chi connectivity index (χ3v) is 5.50. The molecule has 2 aliphatic rings. The molecule has 1 heterocycles. The fraction of sp³-hybridized carbons (Fsp3) is 0.526. The van der Waals surface area contributed by atoms with Crippen LogP contribution >= 0.6 is 15.9 Å². The number of nitrogens with zero attached hydrogens (tertiary/aromatic N) is 1. The molecule has 0 radical (unpaired) electrons. The summed E-state index contributed by atoms with van der Waals surface area (Å²) < 4.78 is 0.884. The number of hydrogen-bond acceptors (Lipinski definition) is 3. The molecule has 0 spiro atoms. The first-order valence-electron chi connectivity index (χ1n) is 9.16. The number of benzene rings is 1. The van der Waals surface area contributed by atoms with Crippen LogP contribution in [0, 0.1) is 5.92 Å². The lowest BCUT2D eigenvalue weighted by Crippen LogP contribution is -2.44. The van der Waals surface area contributed by atoms with E-state index < -0.39 is 5.92 Å². The minimum absolute atomic E-state index is 0.0308. The van der Waals surface area contributed by atoms with Gasteiger partial charge in [0.2, 0.25) is 17.7 Å². The Labute approximate surface area is 161 Å². The molecule has 6 nitrogen and oxygen atoms in total. The van der Waals surface area contributed by atoms with Gasteiger partial charge in [0.15, 0.2) is 0 Å². The van der Waals surface area contributed by atoms with Gasteiger partial charge in [0, 0.05) is 29.2 Å². The molecule has 1 aliphatic carbocycles. The highest BCUT2D eigenvalue weighted by atomic mass is 79.9. The van der Waals surface area contributed by atoms with Gasteiger partial charge in [-0.25, -0.2) is 0 Å². The van der Waals surface area contributed by atoms with Crippen LogP contribution in [0.25, 0.3) is 0 Å². The van der Waals surface area contributed by atoms with E-state index in [1.54, 1.807) is 4.90 Å². The lowest BCUT2D eigenvalue weighted by atomic mass is 9.95. The Morgan fingerprint density at radius 2 is 1.96 bits per heavy atom. The van der Waals surface area contributed by atoms with Gasteiger partial charge in [-0.1, -0.05) is 41.3 Å². The molecule has 1 aromatic carbocycles. The fourth-order valence-electron chi connectivity index (χ4n) is 3.61. The van der Waals surface area contributed by atoms with Gasteiger partial charge >= 0.3 is 0 Å². The third kappa shape index (κ3) is 4.84. The molecule has 26 heavy (non-hydrogen) atoms. The van der Waals surface area contributed by atoms with Crippen LogP contribution in [0.15, 0.2) is 28.7 Å². The Morgan fingerprint density at radius 3 is 2.69 bits per heavy atom. The molecule has 1 unspecified atom stereocenters. The van der Waals surface area contributed by atoms with Gasteiger partial charge in [-0.3, -0.25) is 14.4 Å². The molecule has 1 atom stereocenters. The SMILES string of the molecule is O=C(CNC(=O)C1CC(=O)N(c2cccc(Br)c2)C1)NC1CCCCC1. The second kappa shape index (κ2) is 8.66. The zero-order valence-electron chi connectivity index (χ0n) is 14.7. The van der Waals surface area contributed by atoms with Crippen LogP contribution in [0.3, 0.4) is 0 Å². The molecular weight excluding hydrogens is 398 g/mol. The number of amides is 3. The van der Waals surface area contributed by atoms with Crippen molar-refractivity contribution in [1.82, 2.24) is 10.6 Å². The molecule has 2 N–H and O–H groups in total. The number of rotatable bonds is 5. The highest BCUT2D eigenvalue weighted by Gasteiger charge is 2.35. The molecule has 3 amide bonds. The average molecular weight is 422 g/mol. The Kier molecular flexibility index (Phi) is 6.29. The molecule has 3 rings (SSSR count). The first-order valence-corrected chi connectivity index (χ1v) is 9.95. The Balaban J connectivity index is 1.47. The quantitative estimate of drug-likeness (QED) is 0.765. The van der Waals surface area contributed by atoms with E-state index in [0.717, 1.165) is 35.8 Å². The number of nitrogens with one attached hydrogen (secondary N) is 2. The largest absolute Gasteiger partial charge is 0.352 e. The Morgan fingerprint density at radius 1 is 1.19 bits per heavy atom. The number of hydrogen-bond donors (Lipinski definition) is 2. The van der Waals surface area contributed by atoms with Crippen molar-refractivity contribution >= 4 is 39.3 Å². The maximum Gasteiger partial charge on any atom is 0.239 e. The maximum absolute atomic E-state index is 12.4. The smallest absolute Gasteiger partial charge is 0.239 e. The first kappa shape index (κ1) is 18.9. The van der Waals surface area contributed by atoms with Crippen molar-refractivity contribution in [2.24, 2.45) is 5.92 Å². The summed E-state index contributed by atoms with van der Waals surface area (Å²) in [6, 6.07) is 7.68. The molecule has 1 aromatic rings. The van der Waals surface area contributed by atoms with E-state index in [1.165, 1.54) is 6.42 Å². The summed E-state index contributed by atoms with van der Waals surface area (Å²) in [4.78, 5) is 38.2. The van der Waals surface area contributed by atoms with E-state index in [-0.39, 0.29) is 36.7 Å². The monoisotopic (exact) mass is 421 g/mol. The number of halogens is 1. The van der Waals surface area contributed by atoms with E-state index in [1.807, 2.05) is 24.3 Å². The molecule has 140 valence electrons. The normalized spacial score (nSPS) is 20.9. The van der Waals surface area contributed by atoms with E-state index in [4.69, 9.17) is 0 Å². The van der Waals surface area contributed by atoms with Crippen LogP contribution in [0.1, 0.15) is 38.5 Å². The van der Waals surface area contributed by atoms with E-state index in [0.29, 0.717) is 6.54 Å². The van der Waals surface area contributed by atoms with E-state index in [2.05, 4.69) is 26.6 Å². The minimum Gasteiger partial charge on any atom is -0.352 e. The molecule has 1 saturated carbocycles. The number of carbonyl (C=O) groups excluding carboxylic acids is 3. The summed E-state index contributed by atoms with van der Waals surface area (Å²) in [6.07, 6.45) is 5.71. The summed E-state index contributed by atoms with van der Waals surface area (Å²) in [5, 5.41) is 5.66. The molecule has 1 aliphatic heterocycles. The zero-order valence-corrected chi connectivity index (χ0v) is 16.3. The Hall–Kier alpha value is -1.89. The summed E-state index contributed by atoms with van der Waals surface area (Å²) >= 11 is 3.39. The lowest BCUT2D eigenvalue weighted by molar-refractivity contribution is -0.129. The van der Waals surface area contributed by atoms with Gasteiger partial charge in [-0.15, -0.1) is 0 Å². The van der Waals surface area contributed by atoms with Crippen molar-refractivity contribution in [3.8, 4) is 0 Å². The third-order valence-electron chi connectivity index (χ3n) is 5.01. The van der Waals surface area contributed by atoms with Gasteiger partial charge in [0.05, 0.1) is 12.5 Å². The molecule has 0 bridgehead atoms. The van der Waals surface area contributed by atoms with Crippen LogP contribution in [-0.4, -0.2) is 36.9 Å². The van der Waals surface area contributed by atoms with Crippen LogP contribution < -0.4 is 15.5 Å². The molecule has 1 saturated heterocycles. The summed E-state index contributed by atoms with van der Waals surface area (Å²) in [7, 11) is 0. The second-order valence-corrected chi connectivity index (χ2v) is 7.92. The van der Waals surface area contributed by atoms with Gasteiger partial charge in [0.25, 0.3) is 0 Å². The standard InChI is InChI=1S/C19H24BrN3O3/c20-14-5-4-8-16(10-14)23-12-13(9-18(23)25)19(26)21-11-17(24)22-15-6-2-1-3-7-15/h4-5,8,10,13,15H,1-3,6-7,9,11-12H2,(H,21,26)(H,22,24). The molecule has 7 heteroatoms. The summed E-state index contributed by atoms with van der Waals surface area (Å²) in [6.45, 7) is 0.308. The lowest BCUT2D eigenvalue weighted by Gasteiger charge is -2.23. The van der Waals surface area contributed by atoms with Crippen LogP contribution in [-0.2, 0) is 14.4 Å². The first-order chi connectivity index (χ1) is 12.5. The molecule has 2 fully saturated rings. The topological polar surface area (TPSA) is 78.5 Å². The summed E-state index contributed by atoms with van der Waals surface area (Å²) in [5.74, 6) is -0.896. The highest BCUT2D eigenvalue weighted by Crippen LogP contribution is 2.27. The second-order valence-electron chi connectivity index (χ2n) is 7.01. The predicted octanol–water partition coefficient (Wildman–Crippen LogP) is 2.37. The molecular formula is C19H24BrN3O3. The number of anilines is 1. The fourth-order valence-corrected chi connectivity index (χ4v) is 4.00. The van der Waals surface area contributed by atoms with Gasteiger partial charge < -0.3 is 15.5 Å². The van der Waals surface area contributed by atoms with Gasteiger partial charge in [0.1, 0.15) is 0 Å². The highest BCUT2D eigenvalue weighted by molar-refractivity contribution is 9.10. The van der Waals surface area contributed by atoms with Gasteiger partial charge in [-0.05, 0) is 31.0 Å². The van der Waals surface area contributed by atoms with Crippen molar-refractivity contribution in [2.45, 2.75) is 44.6 Å². The van der Waals surface area contributed by atoms with Crippen molar-refractivity contribution in [1.29, 1.82) is 0 Å².